The first-order valence-corrected chi connectivity index (χ1v) is 7.44. The van der Waals surface area contributed by atoms with Gasteiger partial charge < -0.3 is 9.79 Å². The van der Waals surface area contributed by atoms with Crippen molar-refractivity contribution >= 4 is 28.5 Å². The summed E-state index contributed by atoms with van der Waals surface area (Å²) in [5.74, 6) is -1.27. The number of sulfone groups is 1. The van der Waals surface area contributed by atoms with Crippen LogP contribution in [0.3, 0.4) is 0 Å². The Morgan fingerprint density at radius 1 is 1.25 bits per heavy atom. The molecule has 1 aromatic carbocycles. The number of hydrogen-bond donors (Lipinski definition) is 2. The number of rotatable bonds is 1. The van der Waals surface area contributed by atoms with Crippen LogP contribution in [0.5, 0.6) is 0 Å². The lowest BCUT2D eigenvalue weighted by atomic mass is 10.2. The van der Waals surface area contributed by atoms with Gasteiger partial charge in [-0.25, -0.2) is 8.42 Å². The molecule has 0 amide bonds. The zero-order valence-corrected chi connectivity index (χ0v) is 9.53. The Morgan fingerprint density at radius 3 is 2.44 bits per heavy atom. The third-order valence-electron chi connectivity index (χ3n) is 2.26. The van der Waals surface area contributed by atoms with Crippen molar-refractivity contribution in [3.8, 4) is 0 Å². The molecule has 2 N–H and O–H groups in total. The predicted molar refractivity (Wildman–Crippen MR) is 54.5 cm³/mol. The van der Waals surface area contributed by atoms with Crippen molar-refractivity contribution in [1.29, 1.82) is 0 Å². The summed E-state index contributed by atoms with van der Waals surface area (Å²) in [6.45, 7) is 0. The molecular formula is C8H7O6PS. The summed E-state index contributed by atoms with van der Waals surface area (Å²) in [4.78, 5) is 28.9. The molecule has 1 aliphatic rings. The Kier molecular flexibility index (Phi) is 2.32. The van der Waals surface area contributed by atoms with Crippen molar-refractivity contribution in [1.82, 2.24) is 0 Å². The highest BCUT2D eigenvalue weighted by molar-refractivity contribution is 7.92. The quantitative estimate of drug-likeness (QED) is 0.658. The molecule has 6 nitrogen and oxygen atoms in total. The second kappa shape index (κ2) is 3.24. The molecule has 0 radical (unpaired) electrons. The van der Waals surface area contributed by atoms with Gasteiger partial charge in [0.1, 0.15) is 5.75 Å². The zero-order chi connectivity index (χ0) is 12.1. The number of benzene rings is 1. The standard InChI is InChI=1S/C8H7O6PS/c9-7-4-16(13,14)8-2-1-5(3-6(7)8)15(10,11)12/h1-3H,4H2,(H2,10,11,12). The molecule has 2 rings (SSSR count). The summed E-state index contributed by atoms with van der Waals surface area (Å²) in [6, 6.07) is 3.03. The topological polar surface area (TPSA) is 109 Å². The lowest BCUT2D eigenvalue weighted by molar-refractivity contribution is 0.102. The maximum Gasteiger partial charge on any atom is 0.356 e. The summed E-state index contributed by atoms with van der Waals surface area (Å²) in [5, 5.41) is -0.350. The van der Waals surface area contributed by atoms with Crippen LogP contribution in [0.2, 0.25) is 0 Å². The van der Waals surface area contributed by atoms with E-state index in [-0.39, 0.29) is 15.8 Å². The Labute approximate surface area is 91.0 Å². The largest absolute Gasteiger partial charge is 0.356 e. The number of ketones is 1. The minimum atomic E-state index is -4.47. The van der Waals surface area contributed by atoms with Gasteiger partial charge in [-0.15, -0.1) is 0 Å². The van der Waals surface area contributed by atoms with Gasteiger partial charge in [0.2, 0.25) is 0 Å². The molecule has 1 heterocycles. The first-order chi connectivity index (χ1) is 7.22. The average Bonchev–Trinajstić information content (AvgIpc) is 2.36. The molecule has 0 aromatic heterocycles. The first-order valence-electron chi connectivity index (χ1n) is 4.18. The molecule has 0 saturated carbocycles. The molecule has 0 atom stereocenters. The van der Waals surface area contributed by atoms with Gasteiger partial charge in [-0.1, -0.05) is 0 Å². The summed E-state index contributed by atoms with van der Waals surface area (Å²) in [5.41, 5.74) is -0.138. The highest BCUT2D eigenvalue weighted by atomic mass is 32.2. The van der Waals surface area contributed by atoms with Crippen molar-refractivity contribution in [2.45, 2.75) is 4.90 Å². The highest BCUT2D eigenvalue weighted by Gasteiger charge is 2.34. The monoisotopic (exact) mass is 262 g/mol. The van der Waals surface area contributed by atoms with Gasteiger partial charge in [0.25, 0.3) is 0 Å². The molecule has 0 fully saturated rings. The number of fused-ring (bicyclic) bond motifs is 1. The predicted octanol–water partition coefficient (Wildman–Crippen LogP) is -0.540. The van der Waals surface area contributed by atoms with Crippen molar-refractivity contribution in [3.63, 3.8) is 0 Å². The number of carbonyl (C=O) groups excluding carboxylic acids is 1. The van der Waals surface area contributed by atoms with Crippen molar-refractivity contribution < 1.29 is 27.6 Å². The first kappa shape index (κ1) is 11.5. The molecule has 0 spiro atoms. The van der Waals surface area contributed by atoms with E-state index in [2.05, 4.69) is 0 Å². The fourth-order valence-electron chi connectivity index (χ4n) is 1.52. The van der Waals surface area contributed by atoms with Gasteiger partial charge in [-0.3, -0.25) is 9.36 Å². The van der Waals surface area contributed by atoms with E-state index >= 15 is 0 Å². The van der Waals surface area contributed by atoms with Crippen molar-refractivity contribution in [2.24, 2.45) is 0 Å². The number of carbonyl (C=O) groups is 1. The van der Waals surface area contributed by atoms with Crippen LogP contribution in [0, 0.1) is 0 Å². The fourth-order valence-corrected chi connectivity index (χ4v) is 3.52. The number of Topliss-reactive ketones (excluding diaryl/α,β-unsaturated/α-hetero) is 1. The van der Waals surface area contributed by atoms with Gasteiger partial charge >= 0.3 is 7.60 Å². The van der Waals surface area contributed by atoms with Gasteiger partial charge in [-0.05, 0) is 18.2 Å². The molecular weight excluding hydrogens is 255 g/mol. The Bertz CT molecular complexity index is 626. The van der Waals surface area contributed by atoms with Crippen molar-refractivity contribution in [3.05, 3.63) is 23.8 Å². The van der Waals surface area contributed by atoms with E-state index in [1.807, 2.05) is 0 Å². The van der Waals surface area contributed by atoms with E-state index in [0.717, 1.165) is 18.2 Å². The molecule has 1 aromatic rings. The molecule has 86 valence electrons. The normalized spacial score (nSPS) is 18.5. The molecule has 0 saturated heterocycles. The van der Waals surface area contributed by atoms with Crippen LogP contribution in [0.1, 0.15) is 10.4 Å². The van der Waals surface area contributed by atoms with Crippen LogP contribution >= 0.6 is 7.60 Å². The summed E-state index contributed by atoms with van der Waals surface area (Å²) >= 11 is 0. The van der Waals surface area contributed by atoms with Crippen LogP contribution in [0.15, 0.2) is 23.1 Å². The number of hydrogen-bond acceptors (Lipinski definition) is 4. The SMILES string of the molecule is O=C1CS(=O)(=O)c2ccc(P(=O)(O)O)cc21. The van der Waals surface area contributed by atoms with Crippen LogP contribution in [0.4, 0.5) is 0 Å². The van der Waals surface area contributed by atoms with E-state index in [1.165, 1.54) is 0 Å². The van der Waals surface area contributed by atoms with Crippen LogP contribution < -0.4 is 5.30 Å². The Balaban J connectivity index is 2.71. The zero-order valence-electron chi connectivity index (χ0n) is 7.82. The Hall–Kier alpha value is -1.01. The highest BCUT2D eigenvalue weighted by Crippen LogP contribution is 2.35. The third-order valence-corrected chi connectivity index (χ3v) is 4.88. The molecule has 0 aliphatic carbocycles. The van der Waals surface area contributed by atoms with Gasteiger partial charge in [0, 0.05) is 5.56 Å². The molecule has 0 unspecified atom stereocenters. The summed E-state index contributed by atoms with van der Waals surface area (Å²) < 4.78 is 33.8. The maximum atomic E-state index is 11.4. The van der Waals surface area contributed by atoms with Gasteiger partial charge in [0.05, 0.1) is 10.2 Å². The lowest BCUT2D eigenvalue weighted by Gasteiger charge is -2.04. The van der Waals surface area contributed by atoms with E-state index in [0.29, 0.717) is 0 Å². The van der Waals surface area contributed by atoms with Crippen LogP contribution in [-0.4, -0.2) is 29.7 Å². The fraction of sp³-hybridized carbons (Fsp3) is 0.125. The summed E-state index contributed by atoms with van der Waals surface area (Å²) in [7, 11) is -8.09. The van der Waals surface area contributed by atoms with Crippen molar-refractivity contribution in [2.75, 3.05) is 5.75 Å². The van der Waals surface area contributed by atoms with E-state index < -0.39 is 29.0 Å². The smallest absolute Gasteiger partial charge is 0.321 e. The van der Waals surface area contributed by atoms with Crippen LogP contribution in [-0.2, 0) is 14.4 Å². The van der Waals surface area contributed by atoms with E-state index in [9.17, 15) is 17.8 Å². The van der Waals surface area contributed by atoms with E-state index in [4.69, 9.17) is 9.79 Å². The third kappa shape index (κ3) is 1.72. The second-order valence-electron chi connectivity index (χ2n) is 3.41. The molecule has 1 aliphatic heterocycles. The molecule has 0 bridgehead atoms. The maximum absolute atomic E-state index is 11.4. The lowest BCUT2D eigenvalue weighted by Crippen LogP contribution is -2.06. The molecule has 16 heavy (non-hydrogen) atoms. The minimum Gasteiger partial charge on any atom is -0.321 e. The molecule has 8 heteroatoms. The average molecular weight is 262 g/mol. The minimum absolute atomic E-state index is 0.138. The summed E-state index contributed by atoms with van der Waals surface area (Å²) in [6.07, 6.45) is 0. The van der Waals surface area contributed by atoms with E-state index in [1.54, 1.807) is 0 Å². The van der Waals surface area contributed by atoms with Gasteiger partial charge in [-0.2, -0.15) is 0 Å². The van der Waals surface area contributed by atoms with Gasteiger partial charge in [0.15, 0.2) is 15.6 Å². The second-order valence-corrected chi connectivity index (χ2v) is 6.97. The van der Waals surface area contributed by atoms with Crippen LogP contribution in [0.25, 0.3) is 0 Å². The Morgan fingerprint density at radius 2 is 1.88 bits per heavy atom.